The van der Waals surface area contributed by atoms with Gasteiger partial charge in [0.15, 0.2) is 11.4 Å². The molecule has 90 valence electrons. The summed E-state index contributed by atoms with van der Waals surface area (Å²) in [5.41, 5.74) is -1.10. The molecule has 1 aliphatic rings. The molecule has 0 spiro atoms. The van der Waals surface area contributed by atoms with E-state index in [2.05, 4.69) is 0 Å². The maximum Gasteiger partial charge on any atom is 0.371 e. The van der Waals surface area contributed by atoms with Crippen LogP contribution in [-0.4, -0.2) is 11.6 Å². The first-order valence-electron chi connectivity index (χ1n) is 4.97. The molecule has 0 aromatic heterocycles. The molecule has 0 radical (unpaired) electrons. The zero-order valence-corrected chi connectivity index (χ0v) is 10.0. The second-order valence-corrected chi connectivity index (χ2v) is 4.54. The Morgan fingerprint density at radius 2 is 1.88 bits per heavy atom. The predicted molar refractivity (Wildman–Crippen MR) is 60.4 cm³/mol. The van der Waals surface area contributed by atoms with Crippen molar-refractivity contribution in [3.63, 3.8) is 0 Å². The third-order valence-electron chi connectivity index (χ3n) is 2.31. The average Bonchev–Trinajstić information content (AvgIpc) is 2.44. The number of ether oxygens (including phenoxy) is 2. The summed E-state index contributed by atoms with van der Waals surface area (Å²) >= 11 is 5.72. The molecule has 17 heavy (non-hydrogen) atoms. The van der Waals surface area contributed by atoms with Crippen LogP contribution in [0.3, 0.4) is 0 Å². The smallest absolute Gasteiger partial charge is 0.371 e. The van der Waals surface area contributed by atoms with Crippen molar-refractivity contribution >= 4 is 17.6 Å². The van der Waals surface area contributed by atoms with Crippen molar-refractivity contribution in [3.8, 4) is 5.75 Å². The van der Waals surface area contributed by atoms with Crippen LogP contribution in [0, 0.1) is 0 Å². The van der Waals surface area contributed by atoms with E-state index in [-0.39, 0.29) is 5.76 Å². The van der Waals surface area contributed by atoms with Crippen LogP contribution < -0.4 is 4.74 Å². The molecule has 1 heterocycles. The maximum absolute atomic E-state index is 13.5. The lowest BCUT2D eigenvalue weighted by atomic mass is 10.1. The molecule has 0 amide bonds. The number of halogens is 2. The van der Waals surface area contributed by atoms with Crippen LogP contribution in [0.25, 0.3) is 0 Å². The Labute approximate surface area is 103 Å². The minimum absolute atomic E-state index is 0.121. The van der Waals surface area contributed by atoms with E-state index in [9.17, 15) is 9.18 Å². The van der Waals surface area contributed by atoms with E-state index < -0.39 is 17.4 Å². The highest BCUT2D eigenvalue weighted by molar-refractivity contribution is 6.30. The quantitative estimate of drug-likeness (QED) is 0.762. The van der Waals surface area contributed by atoms with Gasteiger partial charge in [-0.15, -0.1) is 0 Å². The third-order valence-corrected chi connectivity index (χ3v) is 2.56. The highest BCUT2D eigenvalue weighted by Crippen LogP contribution is 2.34. The van der Waals surface area contributed by atoms with Crippen LogP contribution >= 0.6 is 11.6 Å². The van der Waals surface area contributed by atoms with Gasteiger partial charge in [-0.1, -0.05) is 11.6 Å². The Morgan fingerprint density at radius 1 is 1.29 bits per heavy atom. The van der Waals surface area contributed by atoms with E-state index in [4.69, 9.17) is 21.1 Å². The Kier molecular flexibility index (Phi) is 2.83. The van der Waals surface area contributed by atoms with Crippen LogP contribution in [-0.2, 0) is 9.53 Å². The fourth-order valence-electron chi connectivity index (χ4n) is 1.47. The Hall–Kier alpha value is -1.55. The van der Waals surface area contributed by atoms with E-state index in [1.807, 2.05) is 0 Å². The summed E-state index contributed by atoms with van der Waals surface area (Å²) in [6, 6.07) is 6.39. The van der Waals surface area contributed by atoms with Gasteiger partial charge in [-0.25, -0.2) is 4.79 Å². The van der Waals surface area contributed by atoms with Crippen molar-refractivity contribution in [1.82, 2.24) is 0 Å². The molecule has 0 saturated carbocycles. The summed E-state index contributed by atoms with van der Waals surface area (Å²) in [4.78, 5) is 11.1. The topological polar surface area (TPSA) is 35.5 Å². The highest BCUT2D eigenvalue weighted by atomic mass is 35.5. The van der Waals surface area contributed by atoms with E-state index in [1.54, 1.807) is 38.1 Å². The van der Waals surface area contributed by atoms with E-state index in [0.29, 0.717) is 10.8 Å². The molecule has 2 rings (SSSR count). The molecule has 0 unspecified atom stereocenters. The van der Waals surface area contributed by atoms with Crippen molar-refractivity contribution in [2.24, 2.45) is 0 Å². The van der Waals surface area contributed by atoms with E-state index in [0.717, 1.165) is 0 Å². The molecule has 1 aromatic rings. The number of carbonyl (C=O) groups excluding carboxylic acids is 1. The van der Waals surface area contributed by atoms with E-state index in [1.165, 1.54) is 0 Å². The lowest BCUT2D eigenvalue weighted by Crippen LogP contribution is -2.26. The summed E-state index contributed by atoms with van der Waals surface area (Å²) in [7, 11) is 0. The van der Waals surface area contributed by atoms with Crippen molar-refractivity contribution in [2.45, 2.75) is 19.4 Å². The van der Waals surface area contributed by atoms with Gasteiger partial charge in [-0.05, 0) is 38.1 Å². The van der Waals surface area contributed by atoms with Crippen molar-refractivity contribution in [2.75, 3.05) is 0 Å². The molecule has 1 aromatic carbocycles. The lowest BCUT2D eigenvalue weighted by molar-refractivity contribution is -0.146. The van der Waals surface area contributed by atoms with Crippen LogP contribution in [0.4, 0.5) is 4.39 Å². The molecule has 0 N–H and O–H groups in total. The zero-order chi connectivity index (χ0) is 12.6. The predicted octanol–water partition coefficient (Wildman–Crippen LogP) is 3.24. The fourth-order valence-corrected chi connectivity index (χ4v) is 1.59. The summed E-state index contributed by atoms with van der Waals surface area (Å²) in [6.07, 6.45) is 0. The van der Waals surface area contributed by atoms with Gasteiger partial charge < -0.3 is 9.47 Å². The second kappa shape index (κ2) is 4.04. The molecular weight excluding hydrogens is 247 g/mol. The van der Waals surface area contributed by atoms with Crippen LogP contribution in [0.5, 0.6) is 5.75 Å². The number of hydrogen-bond acceptors (Lipinski definition) is 3. The standard InChI is InChI=1S/C12H10ClFO3/c1-12(2)10(9(14)11(15)17-12)16-8-5-3-7(13)4-6-8/h3-6H,1-2H3. The van der Waals surface area contributed by atoms with Crippen molar-refractivity contribution < 1.29 is 18.7 Å². The van der Waals surface area contributed by atoms with Gasteiger partial charge in [0.05, 0.1) is 0 Å². The molecule has 0 aliphatic carbocycles. The molecular formula is C12H10ClFO3. The monoisotopic (exact) mass is 256 g/mol. The molecule has 5 heteroatoms. The van der Waals surface area contributed by atoms with Crippen LogP contribution in [0.2, 0.25) is 5.02 Å². The minimum Gasteiger partial charge on any atom is -0.454 e. The number of carbonyl (C=O) groups is 1. The normalized spacial score (nSPS) is 18.2. The summed E-state index contributed by atoms with van der Waals surface area (Å²) in [5.74, 6) is -1.72. The molecule has 0 saturated heterocycles. The van der Waals surface area contributed by atoms with Crippen LogP contribution in [0.1, 0.15) is 13.8 Å². The minimum atomic E-state index is -1.10. The third kappa shape index (κ3) is 2.26. The zero-order valence-electron chi connectivity index (χ0n) is 9.29. The largest absolute Gasteiger partial charge is 0.454 e. The molecule has 0 bridgehead atoms. The van der Waals surface area contributed by atoms with Gasteiger partial charge in [0.25, 0.3) is 0 Å². The van der Waals surface area contributed by atoms with Crippen molar-refractivity contribution in [1.29, 1.82) is 0 Å². The van der Waals surface area contributed by atoms with Crippen LogP contribution in [0.15, 0.2) is 35.9 Å². The van der Waals surface area contributed by atoms with Gasteiger partial charge >= 0.3 is 5.97 Å². The average molecular weight is 257 g/mol. The first-order valence-corrected chi connectivity index (χ1v) is 5.35. The first-order chi connectivity index (χ1) is 7.90. The number of esters is 1. The Balaban J connectivity index is 2.29. The van der Waals surface area contributed by atoms with Gasteiger partial charge in [-0.3, -0.25) is 0 Å². The number of cyclic esters (lactones) is 1. The number of rotatable bonds is 2. The second-order valence-electron chi connectivity index (χ2n) is 4.10. The van der Waals surface area contributed by atoms with Gasteiger partial charge in [-0.2, -0.15) is 4.39 Å². The molecule has 3 nitrogen and oxygen atoms in total. The maximum atomic E-state index is 13.5. The van der Waals surface area contributed by atoms with Gasteiger partial charge in [0.1, 0.15) is 5.75 Å². The Morgan fingerprint density at radius 3 is 2.35 bits per heavy atom. The Bertz CT molecular complexity index is 491. The molecule has 0 atom stereocenters. The fraction of sp³-hybridized carbons (Fsp3) is 0.250. The molecule has 0 fully saturated rings. The van der Waals surface area contributed by atoms with E-state index >= 15 is 0 Å². The molecule has 1 aliphatic heterocycles. The summed E-state index contributed by atoms with van der Waals surface area (Å²) in [5, 5.41) is 0.546. The summed E-state index contributed by atoms with van der Waals surface area (Å²) < 4.78 is 23.7. The summed E-state index contributed by atoms with van der Waals surface area (Å²) in [6.45, 7) is 3.12. The SMILES string of the molecule is CC1(C)OC(=O)C(F)=C1Oc1ccc(Cl)cc1. The van der Waals surface area contributed by atoms with Gasteiger partial charge in [0.2, 0.25) is 5.83 Å². The van der Waals surface area contributed by atoms with Gasteiger partial charge in [0, 0.05) is 5.02 Å². The highest BCUT2D eigenvalue weighted by Gasteiger charge is 2.43. The van der Waals surface area contributed by atoms with Crippen molar-refractivity contribution in [3.05, 3.63) is 40.9 Å². The first kappa shape index (κ1) is 11.9. The number of benzene rings is 1. The number of hydrogen-bond donors (Lipinski definition) is 0. The lowest BCUT2D eigenvalue weighted by Gasteiger charge is -2.20.